The second kappa shape index (κ2) is 4.82. The molecule has 0 bridgehead atoms. The number of hydrogen-bond acceptors (Lipinski definition) is 3. The van der Waals surface area contributed by atoms with Crippen LogP contribution in [0.1, 0.15) is 30.7 Å². The molecule has 0 fully saturated rings. The van der Waals surface area contributed by atoms with E-state index in [0.29, 0.717) is 6.54 Å². The second-order valence-corrected chi connectivity index (χ2v) is 5.72. The topological polar surface area (TPSA) is 48.1 Å². The molecular formula is C16H22N2O. The summed E-state index contributed by atoms with van der Waals surface area (Å²) in [7, 11) is 1.68. The molecule has 0 radical (unpaired) electrons. The van der Waals surface area contributed by atoms with E-state index in [9.17, 15) is 0 Å². The van der Waals surface area contributed by atoms with Crippen LogP contribution in [0.3, 0.4) is 0 Å². The quantitative estimate of drug-likeness (QED) is 0.920. The summed E-state index contributed by atoms with van der Waals surface area (Å²) in [5.74, 6) is 0.815. The Kier molecular flexibility index (Phi) is 3.50. The molecule has 0 unspecified atom stereocenters. The predicted octanol–water partition coefficient (Wildman–Crippen LogP) is 3.10. The van der Waals surface area contributed by atoms with Gasteiger partial charge >= 0.3 is 0 Å². The number of ether oxygens (including phenoxy) is 1. The minimum atomic E-state index is -0.132. The van der Waals surface area contributed by atoms with Crippen molar-refractivity contribution < 1.29 is 4.74 Å². The van der Waals surface area contributed by atoms with E-state index in [1.807, 2.05) is 6.07 Å². The molecule has 0 saturated heterocycles. The fourth-order valence-corrected chi connectivity index (χ4v) is 2.42. The number of fused-ring (bicyclic) bond motifs is 1. The normalized spacial score (nSPS) is 11.9. The number of rotatable bonds is 3. The van der Waals surface area contributed by atoms with E-state index in [2.05, 4.69) is 39.8 Å². The number of hydrogen-bond donors (Lipinski definition) is 1. The van der Waals surface area contributed by atoms with Gasteiger partial charge in [-0.1, -0.05) is 19.9 Å². The van der Waals surface area contributed by atoms with Crippen LogP contribution >= 0.6 is 0 Å². The molecule has 0 aliphatic heterocycles. The second-order valence-electron chi connectivity index (χ2n) is 5.72. The number of benzene rings is 1. The largest absolute Gasteiger partial charge is 0.494 e. The van der Waals surface area contributed by atoms with E-state index in [0.717, 1.165) is 22.3 Å². The Morgan fingerprint density at radius 1 is 1.21 bits per heavy atom. The van der Waals surface area contributed by atoms with Gasteiger partial charge in [0.2, 0.25) is 0 Å². The van der Waals surface area contributed by atoms with E-state index in [4.69, 9.17) is 15.5 Å². The average Bonchev–Trinajstić information content (AvgIpc) is 2.39. The highest BCUT2D eigenvalue weighted by atomic mass is 16.5. The molecule has 0 spiro atoms. The van der Waals surface area contributed by atoms with Crippen molar-refractivity contribution in [3.8, 4) is 5.75 Å². The summed E-state index contributed by atoms with van der Waals surface area (Å²) >= 11 is 0. The summed E-state index contributed by atoms with van der Waals surface area (Å²) in [6.45, 7) is 9.00. The van der Waals surface area contributed by atoms with Gasteiger partial charge in [0, 0.05) is 17.3 Å². The van der Waals surface area contributed by atoms with Gasteiger partial charge in [-0.2, -0.15) is 0 Å². The molecule has 0 atom stereocenters. The zero-order valence-corrected chi connectivity index (χ0v) is 12.4. The standard InChI is InChI=1S/C16H22N2O/c1-10-6-7-13(19-5)14-12(10)8-11(2)15(18-14)16(3,4)9-17/h6-8H,9,17H2,1-5H3. The minimum absolute atomic E-state index is 0.132. The monoisotopic (exact) mass is 258 g/mol. The third-order valence-corrected chi connectivity index (χ3v) is 3.73. The molecule has 19 heavy (non-hydrogen) atoms. The van der Waals surface area contributed by atoms with Gasteiger partial charge in [0.25, 0.3) is 0 Å². The summed E-state index contributed by atoms with van der Waals surface area (Å²) in [4.78, 5) is 4.84. The maximum Gasteiger partial charge on any atom is 0.145 e. The van der Waals surface area contributed by atoms with Crippen LogP contribution in [0.2, 0.25) is 0 Å². The van der Waals surface area contributed by atoms with Crippen molar-refractivity contribution in [3.05, 3.63) is 35.0 Å². The lowest BCUT2D eigenvalue weighted by Gasteiger charge is -2.24. The lowest BCUT2D eigenvalue weighted by Crippen LogP contribution is -2.30. The zero-order valence-electron chi connectivity index (χ0n) is 12.4. The van der Waals surface area contributed by atoms with Gasteiger partial charge < -0.3 is 10.5 Å². The molecule has 3 nitrogen and oxygen atoms in total. The van der Waals surface area contributed by atoms with E-state index in [1.54, 1.807) is 7.11 Å². The number of nitrogens with zero attached hydrogens (tertiary/aromatic N) is 1. The van der Waals surface area contributed by atoms with E-state index in [-0.39, 0.29) is 5.41 Å². The van der Waals surface area contributed by atoms with Crippen LogP contribution < -0.4 is 10.5 Å². The Morgan fingerprint density at radius 3 is 2.47 bits per heavy atom. The molecule has 102 valence electrons. The molecule has 3 heteroatoms. The van der Waals surface area contributed by atoms with Gasteiger partial charge in [0.05, 0.1) is 12.8 Å². The Hall–Kier alpha value is -1.61. The SMILES string of the molecule is COc1ccc(C)c2cc(C)c(C(C)(C)CN)nc12. The number of pyridine rings is 1. The Bertz CT molecular complexity index is 618. The minimum Gasteiger partial charge on any atom is -0.494 e. The highest BCUT2D eigenvalue weighted by Gasteiger charge is 2.23. The van der Waals surface area contributed by atoms with Crippen LogP contribution in [0.5, 0.6) is 5.75 Å². The van der Waals surface area contributed by atoms with Gasteiger partial charge in [-0.15, -0.1) is 0 Å². The molecule has 2 N–H and O–H groups in total. The van der Waals surface area contributed by atoms with E-state index < -0.39 is 0 Å². The van der Waals surface area contributed by atoms with Crippen LogP contribution in [-0.4, -0.2) is 18.6 Å². The number of aromatic nitrogens is 1. The van der Waals surface area contributed by atoms with Crippen molar-refractivity contribution in [3.63, 3.8) is 0 Å². The van der Waals surface area contributed by atoms with Crippen LogP contribution in [0.4, 0.5) is 0 Å². The molecule has 0 saturated carbocycles. The molecule has 1 aromatic carbocycles. The fourth-order valence-electron chi connectivity index (χ4n) is 2.42. The summed E-state index contributed by atoms with van der Waals surface area (Å²) < 4.78 is 5.43. The third-order valence-electron chi connectivity index (χ3n) is 3.73. The summed E-state index contributed by atoms with van der Waals surface area (Å²) in [5, 5.41) is 1.15. The van der Waals surface area contributed by atoms with Gasteiger partial charge in [0.1, 0.15) is 11.3 Å². The first-order valence-electron chi connectivity index (χ1n) is 6.56. The van der Waals surface area contributed by atoms with Crippen LogP contribution in [0.15, 0.2) is 18.2 Å². The van der Waals surface area contributed by atoms with Crippen molar-refractivity contribution in [2.45, 2.75) is 33.1 Å². The van der Waals surface area contributed by atoms with Crippen molar-refractivity contribution in [1.82, 2.24) is 4.98 Å². The number of nitrogens with two attached hydrogens (primary N) is 1. The average molecular weight is 258 g/mol. The molecular weight excluding hydrogens is 236 g/mol. The summed E-state index contributed by atoms with van der Waals surface area (Å²) in [6, 6.07) is 6.22. The first-order chi connectivity index (χ1) is 8.90. The number of aryl methyl sites for hydroxylation is 2. The maximum absolute atomic E-state index is 5.88. The molecule has 2 rings (SSSR count). The molecule has 0 amide bonds. The van der Waals surface area contributed by atoms with Gasteiger partial charge in [-0.25, -0.2) is 4.98 Å². The Morgan fingerprint density at radius 2 is 1.89 bits per heavy atom. The van der Waals surface area contributed by atoms with Crippen molar-refractivity contribution in [1.29, 1.82) is 0 Å². The lowest BCUT2D eigenvalue weighted by molar-refractivity contribution is 0.418. The lowest BCUT2D eigenvalue weighted by atomic mass is 9.85. The third kappa shape index (κ3) is 2.30. The molecule has 1 aromatic heterocycles. The fraction of sp³-hybridized carbons (Fsp3) is 0.438. The van der Waals surface area contributed by atoms with Gasteiger partial charge in [-0.3, -0.25) is 0 Å². The molecule has 2 aromatic rings. The van der Waals surface area contributed by atoms with Crippen LogP contribution in [-0.2, 0) is 5.41 Å². The Labute approximate surface area is 114 Å². The van der Waals surface area contributed by atoms with Gasteiger partial charge in [-0.05, 0) is 37.1 Å². The molecule has 1 heterocycles. The number of methoxy groups -OCH3 is 1. The van der Waals surface area contributed by atoms with Crippen molar-refractivity contribution >= 4 is 10.9 Å². The van der Waals surface area contributed by atoms with E-state index in [1.165, 1.54) is 11.1 Å². The molecule has 0 aliphatic carbocycles. The molecule has 0 aliphatic rings. The Balaban J connectivity index is 2.81. The summed E-state index contributed by atoms with van der Waals surface area (Å²) in [6.07, 6.45) is 0. The van der Waals surface area contributed by atoms with Crippen molar-refractivity contribution in [2.75, 3.05) is 13.7 Å². The maximum atomic E-state index is 5.88. The first kappa shape index (κ1) is 13.8. The van der Waals surface area contributed by atoms with E-state index >= 15 is 0 Å². The smallest absolute Gasteiger partial charge is 0.145 e. The first-order valence-corrected chi connectivity index (χ1v) is 6.56. The predicted molar refractivity (Wildman–Crippen MR) is 79.8 cm³/mol. The van der Waals surface area contributed by atoms with Crippen LogP contribution in [0.25, 0.3) is 10.9 Å². The van der Waals surface area contributed by atoms with Gasteiger partial charge in [0.15, 0.2) is 0 Å². The van der Waals surface area contributed by atoms with Crippen molar-refractivity contribution in [2.24, 2.45) is 5.73 Å². The van der Waals surface area contributed by atoms with Crippen LogP contribution in [0, 0.1) is 13.8 Å². The zero-order chi connectivity index (χ0) is 14.2. The summed E-state index contributed by atoms with van der Waals surface area (Å²) in [5.41, 5.74) is 10.1. The highest BCUT2D eigenvalue weighted by molar-refractivity contribution is 5.88. The highest BCUT2D eigenvalue weighted by Crippen LogP contribution is 2.32.